The molecule has 0 aliphatic heterocycles. The fourth-order valence-corrected chi connectivity index (χ4v) is 1.24. The van der Waals surface area contributed by atoms with Gasteiger partial charge in [-0.3, -0.25) is 4.79 Å². The Kier molecular flexibility index (Phi) is 7.26. The van der Waals surface area contributed by atoms with Crippen LogP contribution in [0.3, 0.4) is 0 Å². The smallest absolute Gasteiger partial charge is 0.330 e. The molecular weight excluding hydrogens is 220 g/mol. The van der Waals surface area contributed by atoms with Crippen LogP contribution < -0.4 is 0 Å². The molecule has 0 aromatic rings. The molecule has 0 saturated carbocycles. The van der Waals surface area contributed by atoms with Gasteiger partial charge in [0.15, 0.2) is 0 Å². The van der Waals surface area contributed by atoms with Crippen molar-refractivity contribution in [1.29, 1.82) is 0 Å². The van der Waals surface area contributed by atoms with Crippen molar-refractivity contribution in [1.82, 2.24) is 0 Å². The minimum atomic E-state index is -0.628. The van der Waals surface area contributed by atoms with Gasteiger partial charge in [-0.15, -0.1) is 0 Å². The van der Waals surface area contributed by atoms with Gasteiger partial charge in [-0.25, -0.2) is 4.79 Å². The van der Waals surface area contributed by atoms with Gasteiger partial charge in [0, 0.05) is 12.5 Å². The van der Waals surface area contributed by atoms with Crippen LogP contribution in [0.15, 0.2) is 12.7 Å². The largest absolute Gasteiger partial charge is 0.466 e. The second-order valence-electron chi connectivity index (χ2n) is 4.15. The highest BCUT2D eigenvalue weighted by Crippen LogP contribution is 2.22. The first kappa shape index (κ1) is 15.7. The van der Waals surface area contributed by atoms with Crippen LogP contribution >= 0.6 is 0 Å². The van der Waals surface area contributed by atoms with E-state index in [1.807, 2.05) is 20.8 Å². The molecule has 4 nitrogen and oxygen atoms in total. The first-order chi connectivity index (χ1) is 7.97. The Balaban J connectivity index is 4.15. The molecule has 98 valence electrons. The minimum Gasteiger partial charge on any atom is -0.466 e. The highest BCUT2D eigenvalue weighted by Gasteiger charge is 2.26. The number of ether oxygens (including phenoxy) is 2. The number of hydrogen-bond donors (Lipinski definition) is 0. The van der Waals surface area contributed by atoms with E-state index in [-0.39, 0.29) is 12.4 Å². The Morgan fingerprint density at radius 2 is 2.00 bits per heavy atom. The molecule has 0 aliphatic carbocycles. The van der Waals surface area contributed by atoms with Gasteiger partial charge in [0.1, 0.15) is 5.60 Å². The molecule has 0 rings (SSSR count). The maximum absolute atomic E-state index is 11.3. The molecule has 0 radical (unpaired) electrons. The molecule has 0 N–H and O–H groups in total. The molecule has 1 unspecified atom stereocenters. The number of rotatable bonds is 8. The Hall–Kier alpha value is -1.32. The zero-order valence-corrected chi connectivity index (χ0v) is 11.0. The van der Waals surface area contributed by atoms with E-state index >= 15 is 0 Å². The lowest BCUT2D eigenvalue weighted by Gasteiger charge is -2.27. The van der Waals surface area contributed by atoms with Crippen molar-refractivity contribution in [2.45, 2.75) is 52.1 Å². The van der Waals surface area contributed by atoms with Crippen LogP contribution in [-0.2, 0) is 19.1 Å². The molecule has 0 aliphatic rings. The second-order valence-corrected chi connectivity index (χ2v) is 4.15. The third-order valence-corrected chi connectivity index (χ3v) is 2.59. The van der Waals surface area contributed by atoms with Crippen LogP contribution in [0.4, 0.5) is 0 Å². The van der Waals surface area contributed by atoms with Crippen molar-refractivity contribution in [3.63, 3.8) is 0 Å². The van der Waals surface area contributed by atoms with Gasteiger partial charge in [0.25, 0.3) is 0 Å². The lowest BCUT2D eigenvalue weighted by molar-refractivity contribution is -0.156. The summed E-state index contributed by atoms with van der Waals surface area (Å²) in [7, 11) is 0. The summed E-state index contributed by atoms with van der Waals surface area (Å²) in [6.45, 7) is 9.44. The van der Waals surface area contributed by atoms with Gasteiger partial charge in [-0.1, -0.05) is 20.4 Å². The topological polar surface area (TPSA) is 52.6 Å². The predicted molar refractivity (Wildman–Crippen MR) is 65.5 cm³/mol. The lowest BCUT2D eigenvalue weighted by Crippen LogP contribution is -2.31. The normalized spacial score (nSPS) is 13.6. The number of esters is 2. The van der Waals surface area contributed by atoms with Crippen LogP contribution in [0, 0.1) is 0 Å². The lowest BCUT2D eigenvalue weighted by atomic mass is 9.97. The number of hydrogen-bond acceptors (Lipinski definition) is 4. The van der Waals surface area contributed by atoms with E-state index in [0.29, 0.717) is 19.4 Å². The Morgan fingerprint density at radius 1 is 1.35 bits per heavy atom. The van der Waals surface area contributed by atoms with Crippen molar-refractivity contribution in [2.24, 2.45) is 0 Å². The van der Waals surface area contributed by atoms with Crippen molar-refractivity contribution in [3.8, 4) is 0 Å². The van der Waals surface area contributed by atoms with Gasteiger partial charge in [0.2, 0.25) is 0 Å². The minimum absolute atomic E-state index is 0.249. The van der Waals surface area contributed by atoms with Crippen molar-refractivity contribution in [3.05, 3.63) is 12.7 Å². The first-order valence-electron chi connectivity index (χ1n) is 5.98. The Morgan fingerprint density at radius 3 is 2.47 bits per heavy atom. The van der Waals surface area contributed by atoms with Crippen LogP contribution in [0.25, 0.3) is 0 Å². The third-order valence-electron chi connectivity index (χ3n) is 2.59. The third kappa shape index (κ3) is 6.76. The van der Waals surface area contributed by atoms with E-state index in [1.165, 1.54) is 0 Å². The summed E-state index contributed by atoms with van der Waals surface area (Å²) in [4.78, 5) is 22.5. The van der Waals surface area contributed by atoms with E-state index in [0.717, 1.165) is 12.5 Å². The van der Waals surface area contributed by atoms with Gasteiger partial charge < -0.3 is 9.47 Å². The summed E-state index contributed by atoms with van der Waals surface area (Å²) in [6, 6.07) is 0. The number of carbonyl (C=O) groups excluding carboxylic acids is 2. The van der Waals surface area contributed by atoms with Crippen molar-refractivity contribution >= 4 is 11.9 Å². The quantitative estimate of drug-likeness (QED) is 0.485. The first-order valence-corrected chi connectivity index (χ1v) is 5.98. The van der Waals surface area contributed by atoms with Gasteiger partial charge in [-0.05, 0) is 26.2 Å². The molecule has 0 aromatic carbocycles. The van der Waals surface area contributed by atoms with Crippen LogP contribution in [0.1, 0.15) is 46.5 Å². The molecule has 4 heteroatoms. The van der Waals surface area contributed by atoms with Crippen molar-refractivity contribution < 1.29 is 19.1 Å². The molecule has 0 heterocycles. The fourth-order valence-electron chi connectivity index (χ4n) is 1.24. The summed E-state index contributed by atoms with van der Waals surface area (Å²) in [5.41, 5.74) is -0.628. The van der Waals surface area contributed by atoms with E-state index < -0.39 is 11.6 Å². The van der Waals surface area contributed by atoms with E-state index in [1.54, 1.807) is 0 Å². The number of carbonyl (C=O) groups is 2. The van der Waals surface area contributed by atoms with E-state index in [2.05, 4.69) is 6.58 Å². The molecule has 0 bridgehead atoms. The molecule has 0 aromatic heterocycles. The summed E-state index contributed by atoms with van der Waals surface area (Å²) in [5.74, 6) is -0.711. The monoisotopic (exact) mass is 242 g/mol. The summed E-state index contributed by atoms with van der Waals surface area (Å²) >= 11 is 0. The van der Waals surface area contributed by atoms with Crippen LogP contribution in [0.5, 0.6) is 0 Å². The molecule has 0 spiro atoms. The summed E-state index contributed by atoms with van der Waals surface area (Å²) < 4.78 is 10.2. The molecule has 0 amide bonds. The van der Waals surface area contributed by atoms with E-state index in [4.69, 9.17) is 9.47 Å². The highest BCUT2D eigenvalue weighted by molar-refractivity contribution is 5.81. The average Bonchev–Trinajstić information content (AvgIpc) is 2.33. The zero-order chi connectivity index (χ0) is 13.3. The van der Waals surface area contributed by atoms with Gasteiger partial charge in [-0.2, -0.15) is 0 Å². The SMILES string of the molecule is C=CC(=O)OC(C)(CC)CCC(=O)OCCC. The maximum Gasteiger partial charge on any atom is 0.330 e. The van der Waals surface area contributed by atoms with Gasteiger partial charge in [0.05, 0.1) is 6.61 Å². The zero-order valence-electron chi connectivity index (χ0n) is 11.0. The fraction of sp³-hybridized carbons (Fsp3) is 0.692. The second kappa shape index (κ2) is 7.87. The summed E-state index contributed by atoms with van der Waals surface area (Å²) in [5, 5.41) is 0. The average molecular weight is 242 g/mol. The summed E-state index contributed by atoms with van der Waals surface area (Å²) in [6.07, 6.45) is 3.31. The molecule has 17 heavy (non-hydrogen) atoms. The molecular formula is C13H22O4. The van der Waals surface area contributed by atoms with E-state index in [9.17, 15) is 9.59 Å². The Bertz CT molecular complexity index is 273. The maximum atomic E-state index is 11.3. The molecule has 1 atom stereocenters. The predicted octanol–water partition coefficient (Wildman–Crippen LogP) is 2.62. The Labute approximate surface area is 103 Å². The standard InChI is InChI=1S/C13H22O4/c1-5-10-16-12(15)8-9-13(4,7-3)17-11(14)6-2/h6H,2,5,7-10H2,1,3-4H3. The molecule has 0 fully saturated rings. The van der Waals surface area contributed by atoms with Crippen molar-refractivity contribution in [2.75, 3.05) is 6.61 Å². The van der Waals surface area contributed by atoms with Crippen LogP contribution in [0.2, 0.25) is 0 Å². The molecule has 0 saturated heterocycles. The van der Waals surface area contributed by atoms with Gasteiger partial charge >= 0.3 is 11.9 Å². The van der Waals surface area contributed by atoms with Crippen LogP contribution in [-0.4, -0.2) is 24.1 Å². The highest BCUT2D eigenvalue weighted by atomic mass is 16.6.